The smallest absolute Gasteiger partial charge is 0.175 e. The van der Waals surface area contributed by atoms with Gasteiger partial charge in [-0.2, -0.15) is 0 Å². The minimum Gasteiger partial charge on any atom is -0.380 e. The van der Waals surface area contributed by atoms with Gasteiger partial charge in [0.25, 0.3) is 0 Å². The molecular weight excluding hydrogens is 274 g/mol. The molecule has 1 rings (SSSR count). The molecule has 0 aliphatic heterocycles. The second-order valence-electron chi connectivity index (χ2n) is 5.39. The van der Waals surface area contributed by atoms with Gasteiger partial charge in [-0.05, 0) is 30.0 Å². The quantitative estimate of drug-likeness (QED) is 0.711. The molecule has 0 radical (unpaired) electrons. The van der Waals surface area contributed by atoms with E-state index in [2.05, 4.69) is 19.2 Å². The molecule has 0 saturated carbocycles. The number of rotatable bonds is 9. The molecular formula is C15H25NO3S. The topological polar surface area (TPSA) is 55.4 Å². The van der Waals surface area contributed by atoms with E-state index in [0.717, 1.165) is 31.7 Å². The number of sulfone groups is 1. The van der Waals surface area contributed by atoms with Crippen molar-refractivity contribution in [1.82, 2.24) is 5.32 Å². The average Bonchev–Trinajstić information content (AvgIpc) is 2.37. The highest BCUT2D eigenvalue weighted by Gasteiger charge is 2.05. The van der Waals surface area contributed by atoms with Gasteiger partial charge in [-0.3, -0.25) is 0 Å². The van der Waals surface area contributed by atoms with Crippen molar-refractivity contribution in [2.45, 2.75) is 31.7 Å². The Morgan fingerprint density at radius 2 is 1.80 bits per heavy atom. The Morgan fingerprint density at radius 1 is 1.15 bits per heavy atom. The maximum Gasteiger partial charge on any atom is 0.175 e. The molecule has 0 atom stereocenters. The van der Waals surface area contributed by atoms with Crippen molar-refractivity contribution in [3.8, 4) is 0 Å². The Balaban J connectivity index is 2.20. The molecule has 20 heavy (non-hydrogen) atoms. The van der Waals surface area contributed by atoms with E-state index < -0.39 is 9.84 Å². The molecule has 4 nitrogen and oxygen atoms in total. The first kappa shape index (κ1) is 17.1. The number of hydrogen-bond donors (Lipinski definition) is 1. The molecule has 1 aromatic carbocycles. The van der Waals surface area contributed by atoms with Crippen LogP contribution in [0.1, 0.15) is 25.8 Å². The first-order valence-electron chi connectivity index (χ1n) is 6.97. The Bertz CT molecular complexity index is 480. The number of hydrogen-bond acceptors (Lipinski definition) is 4. The van der Waals surface area contributed by atoms with Gasteiger partial charge in [0.15, 0.2) is 9.84 Å². The van der Waals surface area contributed by atoms with Gasteiger partial charge in [0, 0.05) is 26.0 Å². The zero-order valence-electron chi connectivity index (χ0n) is 12.6. The van der Waals surface area contributed by atoms with Gasteiger partial charge >= 0.3 is 0 Å². The van der Waals surface area contributed by atoms with Crippen LogP contribution in [0.4, 0.5) is 0 Å². The van der Waals surface area contributed by atoms with Crippen LogP contribution in [0.5, 0.6) is 0 Å². The number of nitrogens with one attached hydrogen (secondary N) is 1. The van der Waals surface area contributed by atoms with Crippen LogP contribution < -0.4 is 5.32 Å². The van der Waals surface area contributed by atoms with Gasteiger partial charge in [0.1, 0.15) is 0 Å². The SMILES string of the molecule is CC(C)CCOCCNCc1ccc(S(C)(=O)=O)cc1. The summed E-state index contributed by atoms with van der Waals surface area (Å²) in [5, 5.41) is 3.27. The van der Waals surface area contributed by atoms with Crippen LogP contribution in [0.15, 0.2) is 29.2 Å². The highest BCUT2D eigenvalue weighted by molar-refractivity contribution is 7.90. The van der Waals surface area contributed by atoms with E-state index in [0.29, 0.717) is 17.4 Å². The van der Waals surface area contributed by atoms with E-state index in [1.165, 1.54) is 6.26 Å². The number of benzene rings is 1. The largest absolute Gasteiger partial charge is 0.380 e. The summed E-state index contributed by atoms with van der Waals surface area (Å²) in [7, 11) is -3.10. The third-order valence-electron chi connectivity index (χ3n) is 2.94. The second-order valence-corrected chi connectivity index (χ2v) is 7.40. The summed E-state index contributed by atoms with van der Waals surface area (Å²) in [6, 6.07) is 6.96. The van der Waals surface area contributed by atoms with Crippen LogP contribution in [0, 0.1) is 5.92 Å². The van der Waals surface area contributed by atoms with Gasteiger partial charge < -0.3 is 10.1 Å². The molecule has 0 unspecified atom stereocenters. The molecule has 0 heterocycles. The van der Waals surface area contributed by atoms with E-state index in [4.69, 9.17) is 4.74 Å². The average molecular weight is 299 g/mol. The summed E-state index contributed by atoms with van der Waals surface area (Å²) in [5.74, 6) is 0.677. The Labute approximate surface area is 122 Å². The molecule has 0 aliphatic rings. The monoisotopic (exact) mass is 299 g/mol. The van der Waals surface area contributed by atoms with Gasteiger partial charge in [-0.1, -0.05) is 26.0 Å². The van der Waals surface area contributed by atoms with E-state index >= 15 is 0 Å². The molecule has 1 aromatic rings. The van der Waals surface area contributed by atoms with Gasteiger partial charge in [0.05, 0.1) is 11.5 Å². The maximum absolute atomic E-state index is 11.3. The lowest BCUT2D eigenvalue weighted by atomic mass is 10.1. The molecule has 5 heteroatoms. The summed E-state index contributed by atoms with van der Waals surface area (Å²) < 4.78 is 28.1. The van der Waals surface area contributed by atoms with Crippen molar-refractivity contribution in [1.29, 1.82) is 0 Å². The van der Waals surface area contributed by atoms with Crippen LogP contribution in [-0.2, 0) is 21.1 Å². The lowest BCUT2D eigenvalue weighted by Gasteiger charge is -2.08. The summed E-state index contributed by atoms with van der Waals surface area (Å²) in [4.78, 5) is 0.360. The highest BCUT2D eigenvalue weighted by atomic mass is 32.2. The van der Waals surface area contributed by atoms with Crippen LogP contribution in [0.25, 0.3) is 0 Å². The molecule has 0 aromatic heterocycles. The lowest BCUT2D eigenvalue weighted by Crippen LogP contribution is -2.19. The third kappa shape index (κ3) is 7.03. The van der Waals surface area contributed by atoms with Crippen LogP contribution >= 0.6 is 0 Å². The molecule has 0 fully saturated rings. The molecule has 0 bridgehead atoms. The van der Waals surface area contributed by atoms with Crippen molar-refractivity contribution in [2.24, 2.45) is 5.92 Å². The summed E-state index contributed by atoms with van der Waals surface area (Å²) in [6.07, 6.45) is 2.31. The van der Waals surface area contributed by atoms with Crippen molar-refractivity contribution < 1.29 is 13.2 Å². The van der Waals surface area contributed by atoms with Crippen molar-refractivity contribution in [2.75, 3.05) is 26.0 Å². The second kappa shape index (κ2) is 8.39. The Hall–Kier alpha value is -0.910. The standard InChI is InChI=1S/C15H25NO3S/c1-13(2)8-10-19-11-9-16-12-14-4-6-15(7-5-14)20(3,17)18/h4-7,13,16H,8-12H2,1-3H3. The normalized spacial score (nSPS) is 12.0. The van der Waals surface area contributed by atoms with E-state index in [1.807, 2.05) is 12.1 Å². The van der Waals surface area contributed by atoms with Crippen molar-refractivity contribution in [3.05, 3.63) is 29.8 Å². The van der Waals surface area contributed by atoms with E-state index in [1.54, 1.807) is 12.1 Å². The predicted octanol–water partition coefficient (Wildman–Crippen LogP) is 2.24. The summed E-state index contributed by atoms with van der Waals surface area (Å²) >= 11 is 0. The highest BCUT2D eigenvalue weighted by Crippen LogP contribution is 2.09. The first-order chi connectivity index (χ1) is 9.39. The van der Waals surface area contributed by atoms with Crippen LogP contribution in [0.3, 0.4) is 0 Å². The predicted molar refractivity (Wildman–Crippen MR) is 81.5 cm³/mol. The van der Waals surface area contributed by atoms with Crippen molar-refractivity contribution >= 4 is 9.84 Å². The molecule has 114 valence electrons. The van der Waals surface area contributed by atoms with Gasteiger partial charge in [-0.15, -0.1) is 0 Å². The minimum absolute atomic E-state index is 0.360. The van der Waals surface area contributed by atoms with Gasteiger partial charge in [-0.25, -0.2) is 8.42 Å². The molecule has 0 spiro atoms. The van der Waals surface area contributed by atoms with E-state index in [-0.39, 0.29) is 0 Å². The third-order valence-corrected chi connectivity index (χ3v) is 4.07. The van der Waals surface area contributed by atoms with E-state index in [9.17, 15) is 8.42 Å². The fourth-order valence-electron chi connectivity index (χ4n) is 1.65. The lowest BCUT2D eigenvalue weighted by molar-refractivity contribution is 0.125. The minimum atomic E-state index is -3.10. The Morgan fingerprint density at radius 3 is 2.35 bits per heavy atom. The number of ether oxygens (including phenoxy) is 1. The maximum atomic E-state index is 11.3. The fourth-order valence-corrected chi connectivity index (χ4v) is 2.28. The Kier molecular flexibility index (Phi) is 7.19. The summed E-state index contributed by atoms with van der Waals surface area (Å²) in [6.45, 7) is 7.39. The molecule has 0 amide bonds. The first-order valence-corrected chi connectivity index (χ1v) is 8.86. The summed E-state index contributed by atoms with van der Waals surface area (Å²) in [5.41, 5.74) is 1.07. The zero-order valence-corrected chi connectivity index (χ0v) is 13.4. The molecule has 0 saturated heterocycles. The molecule has 1 N–H and O–H groups in total. The van der Waals surface area contributed by atoms with Crippen molar-refractivity contribution in [3.63, 3.8) is 0 Å². The van der Waals surface area contributed by atoms with Gasteiger partial charge in [0.2, 0.25) is 0 Å². The van der Waals surface area contributed by atoms with Crippen LogP contribution in [-0.4, -0.2) is 34.4 Å². The molecule has 0 aliphatic carbocycles. The zero-order chi connectivity index (χ0) is 15.0. The van der Waals surface area contributed by atoms with Crippen LogP contribution in [0.2, 0.25) is 0 Å². The fraction of sp³-hybridized carbons (Fsp3) is 0.600.